The van der Waals surface area contributed by atoms with Crippen LogP contribution in [0.4, 0.5) is 0 Å². The quantitative estimate of drug-likeness (QED) is 0.310. The van der Waals surface area contributed by atoms with E-state index in [2.05, 4.69) is 22.9 Å². The summed E-state index contributed by atoms with van der Waals surface area (Å²) in [5, 5.41) is 0. The van der Waals surface area contributed by atoms with E-state index >= 15 is 0 Å². The van der Waals surface area contributed by atoms with Crippen LogP contribution in [0.5, 0.6) is 0 Å². The fourth-order valence-electron chi connectivity index (χ4n) is 1.81. The minimum Gasteiger partial charge on any atom is -0.465 e. The van der Waals surface area contributed by atoms with Gasteiger partial charge in [0.1, 0.15) is 4.83 Å². The molecule has 0 aromatic heterocycles. The first-order valence-electron chi connectivity index (χ1n) is 7.03. The molecule has 0 unspecified atom stereocenters. The van der Waals surface area contributed by atoms with Crippen LogP contribution in [-0.2, 0) is 9.53 Å². The molecule has 102 valence electrons. The SMILES string of the molecule is CCCCCCCCCC[C@H](Br)C(=O)OCC. The van der Waals surface area contributed by atoms with Crippen molar-refractivity contribution >= 4 is 21.9 Å². The zero-order chi connectivity index (χ0) is 12.9. The molecular formula is C14H27BrO2. The highest BCUT2D eigenvalue weighted by Crippen LogP contribution is 2.15. The molecule has 3 heteroatoms. The van der Waals surface area contributed by atoms with Gasteiger partial charge in [0.2, 0.25) is 0 Å². The Labute approximate surface area is 115 Å². The highest BCUT2D eigenvalue weighted by Gasteiger charge is 2.14. The lowest BCUT2D eigenvalue weighted by molar-refractivity contribution is -0.142. The molecule has 0 aromatic rings. The fourth-order valence-corrected chi connectivity index (χ4v) is 2.26. The first-order valence-corrected chi connectivity index (χ1v) is 7.94. The molecule has 0 fully saturated rings. The molecule has 0 saturated carbocycles. The Morgan fingerprint density at radius 1 is 1.00 bits per heavy atom. The Hall–Kier alpha value is -0.0500. The van der Waals surface area contributed by atoms with Gasteiger partial charge >= 0.3 is 5.97 Å². The Morgan fingerprint density at radius 3 is 2.06 bits per heavy atom. The molecular weight excluding hydrogens is 280 g/mol. The van der Waals surface area contributed by atoms with Crippen molar-refractivity contribution in [3.05, 3.63) is 0 Å². The molecule has 0 bridgehead atoms. The van der Waals surface area contributed by atoms with Crippen LogP contribution in [0.3, 0.4) is 0 Å². The van der Waals surface area contributed by atoms with Crippen LogP contribution in [0, 0.1) is 0 Å². The third kappa shape index (κ3) is 10.8. The summed E-state index contributed by atoms with van der Waals surface area (Å²) in [6, 6.07) is 0. The van der Waals surface area contributed by atoms with Crippen molar-refractivity contribution in [2.45, 2.75) is 76.5 Å². The van der Waals surface area contributed by atoms with Gasteiger partial charge in [0.25, 0.3) is 0 Å². The summed E-state index contributed by atoms with van der Waals surface area (Å²) in [6.07, 6.45) is 11.3. The molecule has 0 aliphatic rings. The first-order chi connectivity index (χ1) is 8.22. The molecule has 0 aromatic carbocycles. The van der Waals surface area contributed by atoms with E-state index in [4.69, 9.17) is 4.74 Å². The molecule has 1 atom stereocenters. The number of unbranched alkanes of at least 4 members (excludes halogenated alkanes) is 7. The molecule has 0 spiro atoms. The van der Waals surface area contributed by atoms with E-state index in [9.17, 15) is 4.79 Å². The summed E-state index contributed by atoms with van der Waals surface area (Å²) in [5.74, 6) is -0.115. The van der Waals surface area contributed by atoms with Crippen molar-refractivity contribution < 1.29 is 9.53 Å². The van der Waals surface area contributed by atoms with Gasteiger partial charge in [-0.25, -0.2) is 0 Å². The van der Waals surface area contributed by atoms with Gasteiger partial charge < -0.3 is 4.74 Å². The summed E-state index contributed by atoms with van der Waals surface area (Å²) >= 11 is 3.37. The largest absolute Gasteiger partial charge is 0.465 e. The van der Waals surface area contributed by atoms with Gasteiger partial charge in [0, 0.05) is 0 Å². The highest BCUT2D eigenvalue weighted by atomic mass is 79.9. The Balaban J connectivity index is 3.24. The fraction of sp³-hybridized carbons (Fsp3) is 0.929. The Bertz CT molecular complexity index is 183. The number of carbonyl (C=O) groups is 1. The summed E-state index contributed by atoms with van der Waals surface area (Å²) < 4.78 is 4.94. The number of ether oxygens (including phenoxy) is 1. The number of esters is 1. The molecule has 0 aliphatic carbocycles. The smallest absolute Gasteiger partial charge is 0.319 e. The van der Waals surface area contributed by atoms with Gasteiger partial charge in [-0.1, -0.05) is 74.2 Å². The molecule has 0 heterocycles. The first kappa shape index (κ1) is 16.9. The van der Waals surface area contributed by atoms with E-state index in [1.165, 1.54) is 44.9 Å². The van der Waals surface area contributed by atoms with Crippen molar-refractivity contribution in [2.24, 2.45) is 0 Å². The predicted octanol–water partition coefficient (Wildman–Crippen LogP) is 4.84. The van der Waals surface area contributed by atoms with Gasteiger partial charge in [-0.3, -0.25) is 4.79 Å². The zero-order valence-electron chi connectivity index (χ0n) is 11.3. The summed E-state index contributed by atoms with van der Waals surface area (Å²) in [4.78, 5) is 11.2. The lowest BCUT2D eigenvalue weighted by atomic mass is 10.1. The molecule has 0 radical (unpaired) electrons. The second kappa shape index (κ2) is 12.4. The van der Waals surface area contributed by atoms with E-state index in [-0.39, 0.29) is 10.8 Å². The van der Waals surface area contributed by atoms with Crippen LogP contribution in [0.2, 0.25) is 0 Å². The average molecular weight is 307 g/mol. The maximum absolute atomic E-state index is 11.3. The second-order valence-electron chi connectivity index (χ2n) is 4.48. The van der Waals surface area contributed by atoms with Crippen LogP contribution in [-0.4, -0.2) is 17.4 Å². The molecule has 0 aliphatic heterocycles. The minimum atomic E-state index is -0.115. The lowest BCUT2D eigenvalue weighted by Crippen LogP contribution is -2.17. The monoisotopic (exact) mass is 306 g/mol. The molecule has 17 heavy (non-hydrogen) atoms. The number of carbonyl (C=O) groups excluding carboxylic acids is 1. The Kier molecular flexibility index (Phi) is 12.4. The van der Waals surface area contributed by atoms with Crippen molar-refractivity contribution in [3.63, 3.8) is 0 Å². The van der Waals surface area contributed by atoms with Gasteiger partial charge in [0.15, 0.2) is 0 Å². The van der Waals surface area contributed by atoms with Crippen molar-refractivity contribution in [1.29, 1.82) is 0 Å². The third-order valence-electron chi connectivity index (χ3n) is 2.85. The van der Waals surface area contributed by atoms with Gasteiger partial charge in [-0.05, 0) is 13.3 Å². The molecule has 0 rings (SSSR count). The molecule has 2 nitrogen and oxygen atoms in total. The predicted molar refractivity (Wildman–Crippen MR) is 76.6 cm³/mol. The third-order valence-corrected chi connectivity index (χ3v) is 3.69. The normalized spacial score (nSPS) is 12.4. The maximum atomic E-state index is 11.3. The van der Waals surface area contributed by atoms with Crippen LogP contribution in [0.25, 0.3) is 0 Å². The molecule has 0 N–H and O–H groups in total. The molecule has 0 amide bonds. The average Bonchev–Trinajstić information content (AvgIpc) is 2.32. The van der Waals surface area contributed by atoms with Crippen molar-refractivity contribution in [3.8, 4) is 0 Å². The van der Waals surface area contributed by atoms with E-state index in [1.807, 2.05) is 6.92 Å². The van der Waals surface area contributed by atoms with E-state index in [1.54, 1.807) is 0 Å². The standard InChI is InChI=1S/C14H27BrO2/c1-3-5-6-7-8-9-10-11-12-13(15)14(16)17-4-2/h13H,3-12H2,1-2H3/t13-/m0/s1. The number of hydrogen-bond donors (Lipinski definition) is 0. The van der Waals surface area contributed by atoms with Crippen LogP contribution < -0.4 is 0 Å². The van der Waals surface area contributed by atoms with E-state index in [0.717, 1.165) is 12.8 Å². The van der Waals surface area contributed by atoms with Crippen LogP contribution in [0.15, 0.2) is 0 Å². The van der Waals surface area contributed by atoms with Crippen LogP contribution >= 0.6 is 15.9 Å². The summed E-state index contributed by atoms with van der Waals surface area (Å²) in [5.41, 5.74) is 0. The minimum absolute atomic E-state index is 0.109. The molecule has 0 saturated heterocycles. The van der Waals surface area contributed by atoms with Gasteiger partial charge in [-0.15, -0.1) is 0 Å². The zero-order valence-corrected chi connectivity index (χ0v) is 12.9. The summed E-state index contributed by atoms with van der Waals surface area (Å²) in [7, 11) is 0. The van der Waals surface area contributed by atoms with Crippen LogP contribution in [0.1, 0.15) is 71.6 Å². The van der Waals surface area contributed by atoms with Crippen molar-refractivity contribution in [1.82, 2.24) is 0 Å². The lowest BCUT2D eigenvalue weighted by Gasteiger charge is -2.08. The Morgan fingerprint density at radius 2 is 1.53 bits per heavy atom. The maximum Gasteiger partial charge on any atom is 0.319 e. The van der Waals surface area contributed by atoms with Gasteiger partial charge in [0.05, 0.1) is 6.61 Å². The van der Waals surface area contributed by atoms with E-state index in [0.29, 0.717) is 6.61 Å². The summed E-state index contributed by atoms with van der Waals surface area (Å²) in [6.45, 7) is 4.55. The van der Waals surface area contributed by atoms with Crippen molar-refractivity contribution in [2.75, 3.05) is 6.61 Å². The van der Waals surface area contributed by atoms with E-state index < -0.39 is 0 Å². The number of rotatable bonds is 11. The van der Waals surface area contributed by atoms with Gasteiger partial charge in [-0.2, -0.15) is 0 Å². The number of halogens is 1. The topological polar surface area (TPSA) is 26.3 Å². The number of alkyl halides is 1. The highest BCUT2D eigenvalue weighted by molar-refractivity contribution is 9.10. The number of hydrogen-bond acceptors (Lipinski definition) is 2. The second-order valence-corrected chi connectivity index (χ2v) is 5.59.